The molecule has 1 aliphatic rings. The molecule has 0 aliphatic carbocycles. The van der Waals surface area contributed by atoms with Gasteiger partial charge in [0.15, 0.2) is 0 Å². The molecule has 1 heterocycles. The highest BCUT2D eigenvalue weighted by Gasteiger charge is 2.22. The van der Waals surface area contributed by atoms with Crippen molar-refractivity contribution < 1.29 is 0 Å². The summed E-state index contributed by atoms with van der Waals surface area (Å²) in [5.74, 6) is 0. The van der Waals surface area contributed by atoms with Crippen molar-refractivity contribution in [3.05, 3.63) is 29.8 Å². The van der Waals surface area contributed by atoms with Gasteiger partial charge in [0.25, 0.3) is 0 Å². The van der Waals surface area contributed by atoms with Crippen molar-refractivity contribution in [2.45, 2.75) is 38.8 Å². The van der Waals surface area contributed by atoms with Crippen LogP contribution in [0.3, 0.4) is 0 Å². The minimum atomic E-state index is 0.632. The largest absolute Gasteiger partial charge is 0.382 e. The lowest BCUT2D eigenvalue weighted by atomic mass is 9.98. The van der Waals surface area contributed by atoms with Gasteiger partial charge >= 0.3 is 0 Å². The van der Waals surface area contributed by atoms with E-state index in [1.54, 1.807) is 0 Å². The molecule has 1 aliphatic heterocycles. The molecule has 0 spiro atoms. The van der Waals surface area contributed by atoms with Crippen LogP contribution in [0.15, 0.2) is 24.3 Å². The van der Waals surface area contributed by atoms with Crippen LogP contribution in [-0.2, 0) is 0 Å². The van der Waals surface area contributed by atoms with Crippen LogP contribution in [0.25, 0.3) is 0 Å². The highest BCUT2D eigenvalue weighted by atomic mass is 15.1. The monoisotopic (exact) mass is 218 g/mol. The summed E-state index contributed by atoms with van der Waals surface area (Å²) in [5, 5.41) is 3.67. The van der Waals surface area contributed by atoms with Crippen molar-refractivity contribution in [3.63, 3.8) is 0 Å². The Kier molecular flexibility index (Phi) is 3.49. The van der Waals surface area contributed by atoms with Crippen molar-refractivity contribution in [1.29, 1.82) is 0 Å². The Morgan fingerprint density at radius 1 is 1.31 bits per heavy atom. The standard InChI is InChI=1S/C14H22N2/c1-11-6-4-5-7-14(11)15-13-8-9-16(3)12(2)10-13/h4-7,12-13,15H,8-10H2,1-3H3. The molecule has 1 N–H and O–H groups in total. The molecule has 0 amide bonds. The predicted octanol–water partition coefficient (Wildman–Crippen LogP) is 2.89. The molecule has 1 aromatic carbocycles. The number of nitrogens with one attached hydrogen (secondary N) is 1. The first-order valence-corrected chi connectivity index (χ1v) is 6.19. The maximum atomic E-state index is 3.67. The molecule has 16 heavy (non-hydrogen) atoms. The second-order valence-electron chi connectivity index (χ2n) is 5.01. The molecular weight excluding hydrogens is 196 g/mol. The highest BCUT2D eigenvalue weighted by molar-refractivity contribution is 5.50. The molecule has 1 fully saturated rings. The summed E-state index contributed by atoms with van der Waals surface area (Å²) in [5.41, 5.74) is 2.64. The minimum Gasteiger partial charge on any atom is -0.382 e. The Morgan fingerprint density at radius 2 is 2.06 bits per heavy atom. The number of aryl methyl sites for hydroxylation is 1. The quantitative estimate of drug-likeness (QED) is 0.821. The molecule has 0 radical (unpaired) electrons. The number of para-hydroxylation sites is 1. The van der Waals surface area contributed by atoms with Gasteiger partial charge in [0, 0.05) is 24.3 Å². The molecule has 2 unspecified atom stereocenters. The zero-order valence-corrected chi connectivity index (χ0v) is 10.5. The van der Waals surface area contributed by atoms with Gasteiger partial charge in [-0.25, -0.2) is 0 Å². The highest BCUT2D eigenvalue weighted by Crippen LogP contribution is 2.21. The smallest absolute Gasteiger partial charge is 0.0372 e. The molecule has 2 atom stereocenters. The van der Waals surface area contributed by atoms with E-state index in [1.807, 2.05) is 0 Å². The van der Waals surface area contributed by atoms with E-state index in [2.05, 4.69) is 55.4 Å². The van der Waals surface area contributed by atoms with Gasteiger partial charge in [0.05, 0.1) is 0 Å². The maximum Gasteiger partial charge on any atom is 0.0372 e. The molecule has 2 heteroatoms. The van der Waals surface area contributed by atoms with E-state index < -0.39 is 0 Å². The van der Waals surface area contributed by atoms with E-state index in [0.29, 0.717) is 12.1 Å². The Labute approximate surface area is 98.7 Å². The molecule has 2 nitrogen and oxygen atoms in total. The first-order chi connectivity index (χ1) is 7.66. The number of hydrogen-bond donors (Lipinski definition) is 1. The maximum absolute atomic E-state index is 3.67. The second kappa shape index (κ2) is 4.88. The van der Waals surface area contributed by atoms with Crippen LogP contribution in [0.2, 0.25) is 0 Å². The Balaban J connectivity index is 1.98. The van der Waals surface area contributed by atoms with Gasteiger partial charge in [0.2, 0.25) is 0 Å². The van der Waals surface area contributed by atoms with Gasteiger partial charge in [0.1, 0.15) is 0 Å². The molecule has 88 valence electrons. The molecule has 0 bridgehead atoms. The number of hydrogen-bond acceptors (Lipinski definition) is 2. The first-order valence-electron chi connectivity index (χ1n) is 6.19. The van der Waals surface area contributed by atoms with Crippen LogP contribution in [0.1, 0.15) is 25.3 Å². The summed E-state index contributed by atoms with van der Waals surface area (Å²) in [6.45, 7) is 5.68. The fourth-order valence-corrected chi connectivity index (χ4v) is 2.38. The summed E-state index contributed by atoms with van der Waals surface area (Å²) >= 11 is 0. The lowest BCUT2D eigenvalue weighted by molar-refractivity contribution is 0.190. The third kappa shape index (κ3) is 2.56. The topological polar surface area (TPSA) is 15.3 Å². The summed E-state index contributed by atoms with van der Waals surface area (Å²) in [6, 6.07) is 9.87. The van der Waals surface area contributed by atoms with Gasteiger partial charge < -0.3 is 10.2 Å². The molecule has 1 saturated heterocycles. The second-order valence-corrected chi connectivity index (χ2v) is 5.01. The fourth-order valence-electron chi connectivity index (χ4n) is 2.38. The van der Waals surface area contributed by atoms with Gasteiger partial charge in [-0.05, 0) is 45.4 Å². The van der Waals surface area contributed by atoms with Crippen LogP contribution in [-0.4, -0.2) is 30.6 Å². The van der Waals surface area contributed by atoms with Crippen molar-refractivity contribution in [1.82, 2.24) is 4.90 Å². The molecule has 1 aromatic rings. The normalized spacial score (nSPS) is 26.7. The number of nitrogens with zero attached hydrogens (tertiary/aromatic N) is 1. The number of rotatable bonds is 2. The van der Waals surface area contributed by atoms with E-state index in [0.717, 1.165) is 0 Å². The summed E-state index contributed by atoms with van der Waals surface area (Å²) in [6.07, 6.45) is 2.49. The van der Waals surface area contributed by atoms with Crippen LogP contribution in [0.4, 0.5) is 5.69 Å². The van der Waals surface area contributed by atoms with Crippen molar-refractivity contribution in [2.75, 3.05) is 18.9 Å². The molecular formula is C14H22N2. The van der Waals surface area contributed by atoms with E-state index in [4.69, 9.17) is 0 Å². The Hall–Kier alpha value is -1.02. The number of piperidine rings is 1. The number of anilines is 1. The summed E-state index contributed by atoms with van der Waals surface area (Å²) in [4.78, 5) is 2.44. The van der Waals surface area contributed by atoms with Gasteiger partial charge in [-0.15, -0.1) is 0 Å². The van der Waals surface area contributed by atoms with E-state index >= 15 is 0 Å². The van der Waals surface area contributed by atoms with Crippen LogP contribution >= 0.6 is 0 Å². The number of benzene rings is 1. The molecule has 0 aromatic heterocycles. The third-order valence-electron chi connectivity index (χ3n) is 3.71. The SMILES string of the molecule is Cc1ccccc1NC1CCN(C)C(C)C1. The Morgan fingerprint density at radius 3 is 2.75 bits per heavy atom. The third-order valence-corrected chi connectivity index (χ3v) is 3.71. The van der Waals surface area contributed by atoms with Crippen molar-refractivity contribution >= 4 is 5.69 Å². The average molecular weight is 218 g/mol. The van der Waals surface area contributed by atoms with E-state index in [-0.39, 0.29) is 0 Å². The lowest BCUT2D eigenvalue weighted by Crippen LogP contribution is -2.42. The van der Waals surface area contributed by atoms with Crippen molar-refractivity contribution in [2.24, 2.45) is 0 Å². The minimum absolute atomic E-state index is 0.632. The van der Waals surface area contributed by atoms with Gasteiger partial charge in [-0.2, -0.15) is 0 Å². The van der Waals surface area contributed by atoms with E-state index in [1.165, 1.54) is 30.6 Å². The summed E-state index contributed by atoms with van der Waals surface area (Å²) < 4.78 is 0. The molecule has 0 saturated carbocycles. The van der Waals surface area contributed by atoms with Crippen LogP contribution in [0.5, 0.6) is 0 Å². The zero-order valence-electron chi connectivity index (χ0n) is 10.5. The summed E-state index contributed by atoms with van der Waals surface area (Å²) in [7, 11) is 2.22. The van der Waals surface area contributed by atoms with Crippen molar-refractivity contribution in [3.8, 4) is 0 Å². The zero-order chi connectivity index (χ0) is 11.5. The fraction of sp³-hybridized carbons (Fsp3) is 0.571. The van der Waals surface area contributed by atoms with Gasteiger partial charge in [-0.3, -0.25) is 0 Å². The predicted molar refractivity (Wildman–Crippen MR) is 69.9 cm³/mol. The first kappa shape index (κ1) is 11.5. The van der Waals surface area contributed by atoms with Gasteiger partial charge in [-0.1, -0.05) is 18.2 Å². The lowest BCUT2D eigenvalue weighted by Gasteiger charge is -2.36. The van der Waals surface area contributed by atoms with Crippen LogP contribution in [0, 0.1) is 6.92 Å². The van der Waals surface area contributed by atoms with Crippen LogP contribution < -0.4 is 5.32 Å². The number of likely N-dealkylation sites (tertiary alicyclic amines) is 1. The molecule has 2 rings (SSSR count). The van der Waals surface area contributed by atoms with E-state index in [9.17, 15) is 0 Å². The Bertz CT molecular complexity index is 348. The average Bonchev–Trinajstić information content (AvgIpc) is 2.27.